The molecule has 0 aliphatic carbocycles. The molecule has 0 saturated carbocycles. The molecule has 6 heteroatoms. The summed E-state index contributed by atoms with van der Waals surface area (Å²) >= 11 is 1.72. The number of rotatable bonds is 6. The Morgan fingerprint density at radius 2 is 2.33 bits per heavy atom. The number of aliphatic hydroxyl groups is 1. The highest BCUT2D eigenvalue weighted by molar-refractivity contribution is 7.98. The van der Waals surface area contributed by atoms with Gasteiger partial charge in [0.1, 0.15) is 5.69 Å². The summed E-state index contributed by atoms with van der Waals surface area (Å²) in [7, 11) is 0. The molecule has 0 amide bonds. The van der Waals surface area contributed by atoms with E-state index in [0.29, 0.717) is 13.1 Å². The van der Waals surface area contributed by atoms with Crippen LogP contribution in [0.4, 0.5) is 5.69 Å². The van der Waals surface area contributed by atoms with Crippen LogP contribution in [-0.2, 0) is 13.1 Å². The van der Waals surface area contributed by atoms with E-state index in [9.17, 15) is 0 Å². The van der Waals surface area contributed by atoms with E-state index in [0.717, 1.165) is 11.4 Å². The van der Waals surface area contributed by atoms with Gasteiger partial charge in [-0.2, -0.15) is 0 Å². The molecule has 2 aromatic rings. The summed E-state index contributed by atoms with van der Waals surface area (Å²) in [4.78, 5) is 1.23. The van der Waals surface area contributed by atoms with E-state index in [1.165, 1.54) is 4.90 Å². The van der Waals surface area contributed by atoms with E-state index in [1.54, 1.807) is 16.4 Å². The van der Waals surface area contributed by atoms with E-state index in [1.807, 2.05) is 18.3 Å². The van der Waals surface area contributed by atoms with Crippen LogP contribution in [0.25, 0.3) is 0 Å². The van der Waals surface area contributed by atoms with Crippen LogP contribution < -0.4 is 5.32 Å². The van der Waals surface area contributed by atoms with Crippen molar-refractivity contribution in [2.75, 3.05) is 18.2 Å². The Kier molecular flexibility index (Phi) is 4.60. The zero-order chi connectivity index (χ0) is 12.8. The smallest absolute Gasteiger partial charge is 0.102 e. The zero-order valence-electron chi connectivity index (χ0n) is 10.2. The molecule has 0 atom stereocenters. The molecule has 0 spiro atoms. The average molecular weight is 264 g/mol. The first kappa shape index (κ1) is 12.9. The Bertz CT molecular complexity index is 500. The quantitative estimate of drug-likeness (QED) is 0.776. The van der Waals surface area contributed by atoms with Crippen LogP contribution in [0.5, 0.6) is 0 Å². The fraction of sp³-hybridized carbons (Fsp3) is 0.333. The van der Waals surface area contributed by atoms with Gasteiger partial charge in [0.25, 0.3) is 0 Å². The van der Waals surface area contributed by atoms with Gasteiger partial charge >= 0.3 is 0 Å². The van der Waals surface area contributed by atoms with Crippen molar-refractivity contribution in [3.8, 4) is 0 Å². The van der Waals surface area contributed by atoms with E-state index in [4.69, 9.17) is 5.11 Å². The fourth-order valence-electron chi connectivity index (χ4n) is 1.56. The number of nitrogens with one attached hydrogen (secondary N) is 1. The van der Waals surface area contributed by atoms with Crippen LogP contribution in [0, 0.1) is 0 Å². The Morgan fingerprint density at radius 3 is 3.11 bits per heavy atom. The van der Waals surface area contributed by atoms with Crippen LogP contribution in [-0.4, -0.2) is 33.0 Å². The second-order valence-electron chi connectivity index (χ2n) is 3.78. The normalized spacial score (nSPS) is 10.6. The van der Waals surface area contributed by atoms with Gasteiger partial charge in [-0.05, 0) is 24.5 Å². The molecule has 0 saturated heterocycles. The van der Waals surface area contributed by atoms with Crippen LogP contribution >= 0.6 is 11.8 Å². The number of benzene rings is 1. The molecule has 0 aliphatic heterocycles. The minimum atomic E-state index is 0.0754. The fourth-order valence-corrected chi connectivity index (χ4v) is 2.02. The van der Waals surface area contributed by atoms with Crippen molar-refractivity contribution < 1.29 is 5.11 Å². The van der Waals surface area contributed by atoms with Crippen LogP contribution in [0.3, 0.4) is 0 Å². The second-order valence-corrected chi connectivity index (χ2v) is 4.66. The van der Waals surface area contributed by atoms with Gasteiger partial charge in [-0.15, -0.1) is 16.9 Å². The van der Waals surface area contributed by atoms with Gasteiger partial charge in [-0.1, -0.05) is 11.3 Å². The molecule has 0 unspecified atom stereocenters. The van der Waals surface area contributed by atoms with Gasteiger partial charge in [-0.3, -0.25) is 0 Å². The molecule has 5 nitrogen and oxygen atoms in total. The van der Waals surface area contributed by atoms with Crippen LogP contribution in [0.15, 0.2) is 35.4 Å². The summed E-state index contributed by atoms with van der Waals surface area (Å²) in [5, 5.41) is 20.0. The van der Waals surface area contributed by atoms with E-state index < -0.39 is 0 Å². The lowest BCUT2D eigenvalue weighted by Gasteiger charge is -2.05. The lowest BCUT2D eigenvalue weighted by molar-refractivity contribution is 0.268. The second kappa shape index (κ2) is 6.42. The van der Waals surface area contributed by atoms with Crippen molar-refractivity contribution in [3.05, 3.63) is 36.2 Å². The third-order valence-electron chi connectivity index (χ3n) is 2.46. The summed E-state index contributed by atoms with van der Waals surface area (Å²) in [6.07, 6.45) is 3.89. The molecule has 0 radical (unpaired) electrons. The molecule has 96 valence electrons. The number of thioether (sulfide) groups is 1. The topological polar surface area (TPSA) is 63.0 Å². The number of hydrogen-bond acceptors (Lipinski definition) is 5. The molecule has 1 heterocycles. The Hall–Kier alpha value is -1.53. The predicted octanol–water partition coefficient (Wildman–Crippen LogP) is 1.60. The number of nitrogens with zero attached hydrogens (tertiary/aromatic N) is 3. The van der Waals surface area contributed by atoms with Crippen molar-refractivity contribution in [1.29, 1.82) is 0 Å². The number of aliphatic hydroxyl groups excluding tert-OH is 1. The third-order valence-corrected chi connectivity index (χ3v) is 3.18. The molecule has 18 heavy (non-hydrogen) atoms. The van der Waals surface area contributed by atoms with Crippen molar-refractivity contribution >= 4 is 17.4 Å². The predicted molar refractivity (Wildman–Crippen MR) is 72.7 cm³/mol. The van der Waals surface area contributed by atoms with Crippen molar-refractivity contribution in [2.24, 2.45) is 0 Å². The summed E-state index contributed by atoms with van der Waals surface area (Å²) in [5.74, 6) is 0. The minimum absolute atomic E-state index is 0.0754. The van der Waals surface area contributed by atoms with Crippen molar-refractivity contribution in [2.45, 2.75) is 18.0 Å². The summed E-state index contributed by atoms with van der Waals surface area (Å²) in [6.45, 7) is 1.18. The molecule has 2 rings (SSSR count). The molecular weight excluding hydrogens is 248 g/mol. The number of anilines is 1. The minimum Gasteiger partial charge on any atom is -0.394 e. The molecule has 2 N–H and O–H groups in total. The summed E-state index contributed by atoms with van der Waals surface area (Å²) < 4.78 is 1.63. The van der Waals surface area contributed by atoms with Gasteiger partial charge in [0, 0.05) is 10.6 Å². The SMILES string of the molecule is CSc1cccc(NCc2cn(CCO)nn2)c1. The first-order valence-corrected chi connectivity index (χ1v) is 6.92. The highest BCUT2D eigenvalue weighted by Gasteiger charge is 2.00. The van der Waals surface area contributed by atoms with Gasteiger partial charge in [0.2, 0.25) is 0 Å². The Labute approximate surface area is 110 Å². The maximum absolute atomic E-state index is 8.79. The maximum atomic E-state index is 8.79. The van der Waals surface area contributed by atoms with Gasteiger partial charge in [-0.25, -0.2) is 4.68 Å². The van der Waals surface area contributed by atoms with Crippen LogP contribution in [0.2, 0.25) is 0 Å². The van der Waals surface area contributed by atoms with Crippen LogP contribution in [0.1, 0.15) is 5.69 Å². The van der Waals surface area contributed by atoms with Crippen molar-refractivity contribution in [3.63, 3.8) is 0 Å². The lowest BCUT2D eigenvalue weighted by atomic mass is 10.3. The Balaban J connectivity index is 1.93. The third kappa shape index (κ3) is 3.48. The van der Waals surface area contributed by atoms with E-state index in [2.05, 4.69) is 34.0 Å². The highest BCUT2D eigenvalue weighted by atomic mass is 32.2. The molecule has 0 aliphatic rings. The lowest BCUT2D eigenvalue weighted by Crippen LogP contribution is -2.02. The Morgan fingerprint density at radius 1 is 1.44 bits per heavy atom. The monoisotopic (exact) mass is 264 g/mol. The zero-order valence-corrected chi connectivity index (χ0v) is 11.0. The first-order valence-electron chi connectivity index (χ1n) is 5.69. The highest BCUT2D eigenvalue weighted by Crippen LogP contribution is 2.19. The molecule has 1 aromatic heterocycles. The number of hydrogen-bond donors (Lipinski definition) is 2. The van der Waals surface area contributed by atoms with Gasteiger partial charge in [0.05, 0.1) is 25.9 Å². The number of aromatic nitrogens is 3. The molecular formula is C12H16N4OS. The molecule has 1 aromatic carbocycles. The van der Waals surface area contributed by atoms with Crippen molar-refractivity contribution in [1.82, 2.24) is 15.0 Å². The van der Waals surface area contributed by atoms with Gasteiger partial charge in [0.15, 0.2) is 0 Å². The standard InChI is InChI=1S/C12H16N4OS/c1-18-12-4-2-3-10(7-12)13-8-11-9-16(5-6-17)15-14-11/h2-4,7,9,13,17H,5-6,8H2,1H3. The van der Waals surface area contributed by atoms with Gasteiger partial charge < -0.3 is 10.4 Å². The van der Waals surface area contributed by atoms with E-state index >= 15 is 0 Å². The molecule has 0 bridgehead atoms. The first-order chi connectivity index (χ1) is 8.81. The van der Waals surface area contributed by atoms with E-state index in [-0.39, 0.29) is 6.61 Å². The summed E-state index contributed by atoms with van der Waals surface area (Å²) in [5.41, 5.74) is 1.93. The summed E-state index contributed by atoms with van der Waals surface area (Å²) in [6, 6.07) is 8.23. The molecule has 0 fully saturated rings. The maximum Gasteiger partial charge on any atom is 0.102 e. The largest absolute Gasteiger partial charge is 0.394 e. The average Bonchev–Trinajstić information content (AvgIpc) is 2.85.